The first-order valence-corrected chi connectivity index (χ1v) is 8.63. The van der Waals surface area contributed by atoms with Crippen molar-refractivity contribution in [3.8, 4) is 11.5 Å². The van der Waals surface area contributed by atoms with E-state index >= 15 is 0 Å². The molecule has 0 amide bonds. The Bertz CT molecular complexity index is 679. The molecule has 2 rings (SSSR count). The molecule has 142 valence electrons. The van der Waals surface area contributed by atoms with Crippen LogP contribution in [0, 0.1) is 11.6 Å². The standard InChI is InChI=1S/C20H25F2NO3/c1-3-10-23(12-15-4-5-16(21)11-20(15)22)13-17(24)14-26-19-8-6-18(25-2)7-9-19/h4-9,11,17,24H,3,10,12-14H2,1-2H3. The van der Waals surface area contributed by atoms with E-state index in [1.54, 1.807) is 31.4 Å². The molecule has 26 heavy (non-hydrogen) atoms. The minimum atomic E-state index is -0.729. The van der Waals surface area contributed by atoms with Crippen molar-refractivity contribution >= 4 is 0 Å². The maximum absolute atomic E-state index is 13.9. The van der Waals surface area contributed by atoms with E-state index in [0.717, 1.165) is 18.2 Å². The number of methoxy groups -OCH3 is 1. The van der Waals surface area contributed by atoms with Crippen molar-refractivity contribution in [3.63, 3.8) is 0 Å². The van der Waals surface area contributed by atoms with Crippen LogP contribution in [0.4, 0.5) is 8.78 Å². The van der Waals surface area contributed by atoms with Crippen molar-refractivity contribution in [2.75, 3.05) is 26.8 Å². The molecule has 4 nitrogen and oxygen atoms in total. The molecule has 1 unspecified atom stereocenters. The molecule has 0 aliphatic rings. The lowest BCUT2D eigenvalue weighted by Gasteiger charge is -2.25. The average Bonchev–Trinajstić information content (AvgIpc) is 2.63. The predicted molar refractivity (Wildman–Crippen MR) is 96.4 cm³/mol. The summed E-state index contributed by atoms with van der Waals surface area (Å²) in [6.07, 6.45) is 0.127. The molecule has 0 saturated carbocycles. The molecule has 2 aromatic rings. The molecule has 1 N–H and O–H groups in total. The average molecular weight is 365 g/mol. The summed E-state index contributed by atoms with van der Waals surface area (Å²) in [7, 11) is 1.59. The molecule has 0 radical (unpaired) electrons. The van der Waals surface area contributed by atoms with Gasteiger partial charge in [0.15, 0.2) is 0 Å². The normalized spacial score (nSPS) is 12.2. The van der Waals surface area contributed by atoms with Crippen molar-refractivity contribution in [2.24, 2.45) is 0 Å². The quantitative estimate of drug-likeness (QED) is 0.698. The fourth-order valence-corrected chi connectivity index (χ4v) is 2.66. The van der Waals surface area contributed by atoms with E-state index in [1.807, 2.05) is 11.8 Å². The largest absolute Gasteiger partial charge is 0.497 e. The Morgan fingerprint density at radius 2 is 1.77 bits per heavy atom. The van der Waals surface area contributed by atoms with Gasteiger partial charge in [-0.05, 0) is 43.3 Å². The summed E-state index contributed by atoms with van der Waals surface area (Å²) in [5, 5.41) is 10.3. The zero-order valence-corrected chi connectivity index (χ0v) is 15.1. The van der Waals surface area contributed by atoms with E-state index in [9.17, 15) is 13.9 Å². The summed E-state index contributed by atoms with van der Waals surface area (Å²) in [5.41, 5.74) is 0.406. The van der Waals surface area contributed by atoms with Crippen LogP contribution in [0.1, 0.15) is 18.9 Å². The molecule has 0 bridgehead atoms. The van der Waals surface area contributed by atoms with Crippen LogP contribution >= 0.6 is 0 Å². The molecule has 2 aromatic carbocycles. The van der Waals surface area contributed by atoms with E-state index < -0.39 is 17.7 Å². The Labute approximate surface area is 153 Å². The first kappa shape index (κ1) is 20.1. The van der Waals surface area contributed by atoms with Crippen molar-refractivity contribution in [1.82, 2.24) is 4.90 Å². The summed E-state index contributed by atoms with van der Waals surface area (Å²) < 4.78 is 37.6. The van der Waals surface area contributed by atoms with Gasteiger partial charge in [-0.15, -0.1) is 0 Å². The van der Waals surface area contributed by atoms with Crippen molar-refractivity contribution in [1.29, 1.82) is 0 Å². The summed E-state index contributed by atoms with van der Waals surface area (Å²) in [4.78, 5) is 1.93. The summed E-state index contributed by atoms with van der Waals surface area (Å²) in [6, 6.07) is 10.7. The summed E-state index contributed by atoms with van der Waals surface area (Å²) >= 11 is 0. The Morgan fingerprint density at radius 1 is 1.08 bits per heavy atom. The lowest BCUT2D eigenvalue weighted by atomic mass is 10.1. The molecule has 0 heterocycles. The molecular weight excluding hydrogens is 340 g/mol. The van der Waals surface area contributed by atoms with Gasteiger partial charge in [0, 0.05) is 24.7 Å². The maximum atomic E-state index is 13.9. The lowest BCUT2D eigenvalue weighted by Crippen LogP contribution is -2.36. The number of halogens is 2. The molecule has 0 aromatic heterocycles. The minimum absolute atomic E-state index is 0.123. The van der Waals surface area contributed by atoms with Gasteiger partial charge in [0.2, 0.25) is 0 Å². The van der Waals surface area contributed by atoms with Crippen LogP contribution in [0.3, 0.4) is 0 Å². The van der Waals surface area contributed by atoms with Gasteiger partial charge >= 0.3 is 0 Å². The maximum Gasteiger partial charge on any atom is 0.130 e. The second-order valence-corrected chi connectivity index (χ2v) is 6.11. The Hall–Kier alpha value is -2.18. The molecule has 0 aliphatic carbocycles. The van der Waals surface area contributed by atoms with Gasteiger partial charge in [0.1, 0.15) is 35.8 Å². The van der Waals surface area contributed by atoms with E-state index in [-0.39, 0.29) is 6.61 Å². The molecule has 0 aliphatic heterocycles. The summed E-state index contributed by atoms with van der Waals surface area (Å²) in [5.74, 6) is 0.195. The van der Waals surface area contributed by atoms with Crippen LogP contribution in [-0.2, 0) is 6.54 Å². The second kappa shape index (κ2) is 10.1. The second-order valence-electron chi connectivity index (χ2n) is 6.11. The number of rotatable bonds is 10. The topological polar surface area (TPSA) is 41.9 Å². The number of ether oxygens (including phenoxy) is 2. The molecule has 1 atom stereocenters. The summed E-state index contributed by atoms with van der Waals surface area (Å²) in [6.45, 7) is 3.46. The smallest absolute Gasteiger partial charge is 0.130 e. The van der Waals surface area contributed by atoms with E-state index in [1.165, 1.54) is 12.1 Å². The third-order valence-electron chi connectivity index (χ3n) is 3.92. The van der Waals surface area contributed by atoms with Crippen molar-refractivity contribution in [3.05, 3.63) is 59.7 Å². The highest BCUT2D eigenvalue weighted by atomic mass is 19.1. The molecular formula is C20H25F2NO3. The number of benzene rings is 2. The van der Waals surface area contributed by atoms with Crippen LogP contribution < -0.4 is 9.47 Å². The SMILES string of the molecule is CCCN(Cc1ccc(F)cc1F)CC(O)COc1ccc(OC)cc1. The monoisotopic (exact) mass is 365 g/mol. The number of hydrogen-bond acceptors (Lipinski definition) is 4. The Kier molecular flexibility index (Phi) is 7.81. The molecule has 6 heteroatoms. The van der Waals surface area contributed by atoms with E-state index in [4.69, 9.17) is 9.47 Å². The van der Waals surface area contributed by atoms with Crippen molar-refractivity contribution in [2.45, 2.75) is 26.0 Å². The van der Waals surface area contributed by atoms with Crippen LogP contribution in [0.25, 0.3) is 0 Å². The van der Waals surface area contributed by atoms with Gasteiger partial charge in [-0.3, -0.25) is 4.90 Å². The highest BCUT2D eigenvalue weighted by Crippen LogP contribution is 2.17. The zero-order valence-electron chi connectivity index (χ0n) is 15.1. The first-order valence-electron chi connectivity index (χ1n) is 8.63. The zero-order chi connectivity index (χ0) is 18.9. The fraction of sp³-hybridized carbons (Fsp3) is 0.400. The highest BCUT2D eigenvalue weighted by Gasteiger charge is 2.15. The molecule has 0 fully saturated rings. The van der Waals surface area contributed by atoms with Gasteiger partial charge in [0.05, 0.1) is 7.11 Å². The van der Waals surface area contributed by atoms with Crippen LogP contribution in [-0.4, -0.2) is 42.9 Å². The number of hydrogen-bond donors (Lipinski definition) is 1. The molecule has 0 saturated heterocycles. The van der Waals surface area contributed by atoms with Crippen LogP contribution in [0.5, 0.6) is 11.5 Å². The van der Waals surface area contributed by atoms with E-state index in [0.29, 0.717) is 30.9 Å². The number of aliphatic hydroxyl groups excluding tert-OH is 1. The van der Waals surface area contributed by atoms with Crippen LogP contribution in [0.2, 0.25) is 0 Å². The lowest BCUT2D eigenvalue weighted by molar-refractivity contribution is 0.0652. The predicted octanol–water partition coefficient (Wildman–Crippen LogP) is 3.63. The fourth-order valence-electron chi connectivity index (χ4n) is 2.66. The highest BCUT2D eigenvalue weighted by molar-refractivity contribution is 5.31. The van der Waals surface area contributed by atoms with Gasteiger partial charge in [-0.2, -0.15) is 0 Å². The van der Waals surface area contributed by atoms with Gasteiger partial charge in [-0.1, -0.05) is 13.0 Å². The Balaban J connectivity index is 1.88. The van der Waals surface area contributed by atoms with Crippen molar-refractivity contribution < 1.29 is 23.4 Å². The minimum Gasteiger partial charge on any atom is -0.497 e. The first-order chi connectivity index (χ1) is 12.5. The van der Waals surface area contributed by atoms with E-state index in [2.05, 4.69) is 0 Å². The third-order valence-corrected chi connectivity index (χ3v) is 3.92. The van der Waals surface area contributed by atoms with Crippen LogP contribution in [0.15, 0.2) is 42.5 Å². The van der Waals surface area contributed by atoms with Gasteiger partial charge < -0.3 is 14.6 Å². The van der Waals surface area contributed by atoms with Gasteiger partial charge in [0.25, 0.3) is 0 Å². The Morgan fingerprint density at radius 3 is 2.38 bits per heavy atom. The van der Waals surface area contributed by atoms with Gasteiger partial charge in [-0.25, -0.2) is 8.78 Å². The third kappa shape index (κ3) is 6.28. The molecule has 0 spiro atoms. The number of aliphatic hydroxyl groups is 1. The number of nitrogens with zero attached hydrogens (tertiary/aromatic N) is 1.